The summed E-state index contributed by atoms with van der Waals surface area (Å²) in [7, 11) is 0. The van der Waals surface area contributed by atoms with Crippen molar-refractivity contribution in [1.82, 2.24) is 10.3 Å². The third-order valence-corrected chi connectivity index (χ3v) is 5.00. The summed E-state index contributed by atoms with van der Waals surface area (Å²) < 4.78 is 5.81. The van der Waals surface area contributed by atoms with E-state index in [1.54, 1.807) is 6.20 Å². The van der Waals surface area contributed by atoms with Crippen LogP contribution >= 0.6 is 11.6 Å². The number of nitrogens with zero attached hydrogens (tertiary/aromatic N) is 1. The number of hydrogen-bond acceptors (Lipinski definition) is 3. The first-order chi connectivity index (χ1) is 12.9. The van der Waals surface area contributed by atoms with Gasteiger partial charge in [-0.15, -0.1) is 0 Å². The van der Waals surface area contributed by atoms with E-state index in [1.807, 2.05) is 37.3 Å². The molecule has 2 aromatic carbocycles. The fourth-order valence-corrected chi connectivity index (χ4v) is 3.19. The molecule has 0 unspecified atom stereocenters. The second-order valence-electron chi connectivity index (χ2n) is 6.73. The third kappa shape index (κ3) is 4.77. The molecule has 1 atom stereocenters. The lowest BCUT2D eigenvalue weighted by atomic mass is 10.1. The number of benzene rings is 2. The van der Waals surface area contributed by atoms with Gasteiger partial charge >= 0.3 is 0 Å². The zero-order valence-electron chi connectivity index (χ0n) is 15.8. The highest BCUT2D eigenvalue weighted by Crippen LogP contribution is 2.24. The number of carbonyl (C=O) groups excluding carboxylic acids is 1. The molecule has 0 aliphatic carbocycles. The highest BCUT2D eigenvalue weighted by molar-refractivity contribution is 6.31. The minimum Gasteiger partial charge on any atom is -0.441 e. The van der Waals surface area contributed by atoms with Gasteiger partial charge in [0.25, 0.3) is 0 Å². The molecule has 27 heavy (non-hydrogen) atoms. The molecule has 5 heteroatoms. The van der Waals surface area contributed by atoms with Gasteiger partial charge in [-0.2, -0.15) is 0 Å². The van der Waals surface area contributed by atoms with Gasteiger partial charge in [0.05, 0.1) is 12.2 Å². The normalized spacial score (nSPS) is 12.0. The van der Waals surface area contributed by atoms with Crippen molar-refractivity contribution in [2.24, 2.45) is 0 Å². The summed E-state index contributed by atoms with van der Waals surface area (Å²) in [4.78, 5) is 16.5. The second-order valence-corrected chi connectivity index (χ2v) is 7.14. The Kier molecular flexibility index (Phi) is 5.97. The number of halogens is 1. The summed E-state index contributed by atoms with van der Waals surface area (Å²) in [5, 5.41) is 3.62. The zero-order valence-corrected chi connectivity index (χ0v) is 16.5. The van der Waals surface area contributed by atoms with E-state index in [-0.39, 0.29) is 11.9 Å². The average Bonchev–Trinajstić information content (AvgIpc) is 3.11. The SMILES string of the molecule is Cc1ccc(-c2cnc(CCC(=O)N[C@@H](C)c3ccccc3Cl)o2)cc1C. The molecule has 0 aliphatic heterocycles. The van der Waals surface area contributed by atoms with Crippen LogP contribution in [0.1, 0.15) is 42.0 Å². The summed E-state index contributed by atoms with van der Waals surface area (Å²) in [6.45, 7) is 6.07. The van der Waals surface area contributed by atoms with Crippen LogP contribution in [0, 0.1) is 13.8 Å². The summed E-state index contributed by atoms with van der Waals surface area (Å²) in [6, 6.07) is 13.5. The zero-order chi connectivity index (χ0) is 19.4. The Morgan fingerprint density at radius 2 is 1.96 bits per heavy atom. The molecular weight excluding hydrogens is 360 g/mol. The first kappa shape index (κ1) is 19.2. The van der Waals surface area contributed by atoms with Crippen molar-refractivity contribution < 1.29 is 9.21 Å². The van der Waals surface area contributed by atoms with Crippen LogP contribution in [-0.2, 0) is 11.2 Å². The van der Waals surface area contributed by atoms with Crippen molar-refractivity contribution in [3.05, 3.63) is 76.3 Å². The Bertz CT molecular complexity index is 949. The second kappa shape index (κ2) is 8.40. The molecule has 1 N–H and O–H groups in total. The number of hydrogen-bond donors (Lipinski definition) is 1. The van der Waals surface area contributed by atoms with E-state index in [9.17, 15) is 4.79 Å². The highest BCUT2D eigenvalue weighted by Gasteiger charge is 2.14. The first-order valence-electron chi connectivity index (χ1n) is 9.00. The average molecular weight is 383 g/mol. The summed E-state index contributed by atoms with van der Waals surface area (Å²) in [5.74, 6) is 1.22. The molecule has 0 radical (unpaired) electrons. The Labute approximate surface area is 164 Å². The topological polar surface area (TPSA) is 55.1 Å². The minimum absolute atomic E-state index is 0.0617. The van der Waals surface area contributed by atoms with Crippen molar-refractivity contribution in [3.8, 4) is 11.3 Å². The fourth-order valence-electron chi connectivity index (χ4n) is 2.89. The molecule has 4 nitrogen and oxygen atoms in total. The molecule has 3 aromatic rings. The molecule has 0 aliphatic rings. The van der Waals surface area contributed by atoms with Gasteiger partial charge in [0.15, 0.2) is 11.7 Å². The molecule has 1 heterocycles. The molecule has 140 valence electrons. The number of aromatic nitrogens is 1. The smallest absolute Gasteiger partial charge is 0.220 e. The van der Waals surface area contributed by atoms with Crippen LogP contribution < -0.4 is 5.32 Å². The lowest BCUT2D eigenvalue weighted by Gasteiger charge is -2.15. The van der Waals surface area contributed by atoms with E-state index in [0.29, 0.717) is 23.8 Å². The largest absolute Gasteiger partial charge is 0.441 e. The van der Waals surface area contributed by atoms with Crippen molar-refractivity contribution in [2.75, 3.05) is 0 Å². The highest BCUT2D eigenvalue weighted by atomic mass is 35.5. The Hall–Kier alpha value is -2.59. The van der Waals surface area contributed by atoms with E-state index in [2.05, 4.69) is 36.3 Å². The number of oxazole rings is 1. The Morgan fingerprint density at radius 3 is 2.70 bits per heavy atom. The van der Waals surface area contributed by atoms with Crippen LogP contribution in [0.25, 0.3) is 11.3 Å². The van der Waals surface area contributed by atoms with Gasteiger partial charge in [0.2, 0.25) is 5.91 Å². The first-order valence-corrected chi connectivity index (χ1v) is 9.38. The molecular formula is C22H23ClN2O2. The van der Waals surface area contributed by atoms with E-state index in [4.69, 9.17) is 16.0 Å². The standard InChI is InChI=1S/C22H23ClN2O2/c1-14-8-9-17(12-15(14)2)20-13-24-22(27-20)11-10-21(26)25-16(3)18-6-4-5-7-19(18)23/h4-9,12-13,16H,10-11H2,1-3H3,(H,25,26)/t16-/m0/s1. The van der Waals surface area contributed by atoms with Crippen LogP contribution in [-0.4, -0.2) is 10.9 Å². The van der Waals surface area contributed by atoms with Gasteiger partial charge < -0.3 is 9.73 Å². The van der Waals surface area contributed by atoms with E-state index in [1.165, 1.54) is 11.1 Å². The molecule has 0 fully saturated rings. The van der Waals surface area contributed by atoms with Crippen LogP contribution in [0.3, 0.4) is 0 Å². The third-order valence-electron chi connectivity index (χ3n) is 4.66. The maximum absolute atomic E-state index is 12.2. The number of nitrogens with one attached hydrogen (secondary N) is 1. The van der Waals surface area contributed by atoms with Crippen LogP contribution in [0.2, 0.25) is 5.02 Å². The molecule has 0 spiro atoms. The molecule has 1 aromatic heterocycles. The van der Waals surface area contributed by atoms with E-state index < -0.39 is 0 Å². The summed E-state index contributed by atoms with van der Waals surface area (Å²) in [6.07, 6.45) is 2.47. The van der Waals surface area contributed by atoms with Gasteiger partial charge in [-0.1, -0.05) is 41.9 Å². The number of aryl methyl sites for hydroxylation is 3. The predicted molar refractivity (Wildman–Crippen MR) is 108 cm³/mol. The van der Waals surface area contributed by atoms with Gasteiger partial charge in [-0.3, -0.25) is 4.79 Å². The maximum atomic E-state index is 12.2. The molecule has 3 rings (SSSR count). The summed E-state index contributed by atoms with van der Waals surface area (Å²) >= 11 is 6.18. The van der Waals surface area contributed by atoms with Gasteiger partial charge in [0, 0.05) is 23.4 Å². The quantitative estimate of drug-likeness (QED) is 0.619. The predicted octanol–water partition coefficient (Wildman–Crippen LogP) is 5.42. The van der Waals surface area contributed by atoms with Crippen molar-refractivity contribution in [1.29, 1.82) is 0 Å². The lowest BCUT2D eigenvalue weighted by Crippen LogP contribution is -2.27. The number of rotatable bonds is 6. The minimum atomic E-state index is -0.151. The molecule has 1 amide bonds. The molecule has 0 bridgehead atoms. The Balaban J connectivity index is 1.57. The number of carbonyl (C=O) groups is 1. The van der Waals surface area contributed by atoms with Crippen molar-refractivity contribution >= 4 is 17.5 Å². The monoisotopic (exact) mass is 382 g/mol. The van der Waals surface area contributed by atoms with Gasteiger partial charge in [-0.05, 0) is 49.6 Å². The summed E-state index contributed by atoms with van der Waals surface area (Å²) in [5.41, 5.74) is 4.34. The van der Waals surface area contributed by atoms with Crippen LogP contribution in [0.5, 0.6) is 0 Å². The van der Waals surface area contributed by atoms with Crippen LogP contribution in [0.4, 0.5) is 0 Å². The number of amides is 1. The fraction of sp³-hybridized carbons (Fsp3) is 0.273. The van der Waals surface area contributed by atoms with Crippen molar-refractivity contribution in [2.45, 2.75) is 39.7 Å². The van der Waals surface area contributed by atoms with Gasteiger partial charge in [0.1, 0.15) is 0 Å². The van der Waals surface area contributed by atoms with Crippen LogP contribution in [0.15, 0.2) is 53.1 Å². The Morgan fingerprint density at radius 1 is 1.19 bits per heavy atom. The lowest BCUT2D eigenvalue weighted by molar-refractivity contribution is -0.121. The van der Waals surface area contributed by atoms with E-state index in [0.717, 1.165) is 16.9 Å². The molecule has 0 saturated heterocycles. The molecule has 0 saturated carbocycles. The maximum Gasteiger partial charge on any atom is 0.220 e. The van der Waals surface area contributed by atoms with Gasteiger partial charge in [-0.25, -0.2) is 4.98 Å². The van der Waals surface area contributed by atoms with Crippen molar-refractivity contribution in [3.63, 3.8) is 0 Å². The van der Waals surface area contributed by atoms with E-state index >= 15 is 0 Å².